The third kappa shape index (κ3) is 3.48. The number of para-hydroxylation sites is 1. The third-order valence-corrected chi connectivity index (χ3v) is 5.03. The molecule has 1 aromatic carbocycles. The summed E-state index contributed by atoms with van der Waals surface area (Å²) >= 11 is 1.70. The van der Waals surface area contributed by atoms with Crippen LogP contribution in [0.15, 0.2) is 46.2 Å². The Morgan fingerprint density at radius 3 is 2.78 bits per heavy atom. The summed E-state index contributed by atoms with van der Waals surface area (Å²) in [6, 6.07) is 12.1. The summed E-state index contributed by atoms with van der Waals surface area (Å²) in [6.07, 6.45) is 2.20. The minimum Gasteiger partial charge on any atom is -0.461 e. The zero-order chi connectivity index (χ0) is 16.2. The van der Waals surface area contributed by atoms with Gasteiger partial charge in [-0.05, 0) is 23.9 Å². The lowest BCUT2D eigenvalue weighted by Crippen LogP contribution is -2.26. The Morgan fingerprint density at radius 2 is 2.04 bits per heavy atom. The minimum absolute atomic E-state index is 0.172. The van der Waals surface area contributed by atoms with Crippen LogP contribution >= 0.6 is 11.3 Å². The summed E-state index contributed by atoms with van der Waals surface area (Å²) < 4.78 is 5.91. The zero-order valence-electron chi connectivity index (χ0n) is 13.5. The maximum absolute atomic E-state index is 12.4. The molecule has 0 saturated heterocycles. The van der Waals surface area contributed by atoms with Crippen LogP contribution in [0.25, 0.3) is 11.0 Å². The van der Waals surface area contributed by atoms with E-state index in [1.165, 1.54) is 4.88 Å². The second kappa shape index (κ2) is 7.01. The molecule has 3 nitrogen and oxygen atoms in total. The van der Waals surface area contributed by atoms with Crippen LogP contribution in [-0.4, -0.2) is 17.9 Å². The highest BCUT2D eigenvalue weighted by atomic mass is 32.1. The number of hydrogen-bond acceptors (Lipinski definition) is 3. The van der Waals surface area contributed by atoms with Crippen LogP contribution in [0, 0.1) is 0 Å². The van der Waals surface area contributed by atoms with Crippen LogP contribution in [-0.2, 0) is 24.2 Å². The fraction of sp³-hybridized carbons (Fsp3) is 0.316. The number of amides is 1. The minimum atomic E-state index is 0.172. The molecule has 0 bridgehead atoms. The van der Waals surface area contributed by atoms with Crippen molar-refractivity contribution in [1.82, 2.24) is 4.90 Å². The maximum Gasteiger partial charge on any atom is 0.222 e. The molecule has 0 spiro atoms. The predicted octanol–water partition coefficient (Wildman–Crippen LogP) is 4.65. The number of aryl methyl sites for hydroxylation is 2. The fourth-order valence-electron chi connectivity index (χ4n) is 2.81. The first-order chi connectivity index (χ1) is 11.2. The number of furan rings is 1. The van der Waals surface area contributed by atoms with E-state index in [2.05, 4.69) is 24.4 Å². The van der Waals surface area contributed by atoms with Gasteiger partial charge in [0.2, 0.25) is 5.91 Å². The maximum atomic E-state index is 12.4. The van der Waals surface area contributed by atoms with Gasteiger partial charge in [0.25, 0.3) is 0 Å². The van der Waals surface area contributed by atoms with Gasteiger partial charge in [0.05, 0.1) is 0 Å². The van der Waals surface area contributed by atoms with Crippen molar-refractivity contribution in [3.63, 3.8) is 0 Å². The van der Waals surface area contributed by atoms with Gasteiger partial charge in [-0.2, -0.15) is 0 Å². The molecule has 0 N–H and O–H groups in total. The van der Waals surface area contributed by atoms with Crippen LogP contribution in [0.5, 0.6) is 0 Å². The molecule has 120 valence electrons. The van der Waals surface area contributed by atoms with Gasteiger partial charge < -0.3 is 9.32 Å². The van der Waals surface area contributed by atoms with Crippen molar-refractivity contribution in [1.29, 1.82) is 0 Å². The first-order valence-corrected chi connectivity index (χ1v) is 8.82. The van der Waals surface area contributed by atoms with Crippen molar-refractivity contribution < 1.29 is 9.21 Å². The standard InChI is InChI=1S/C19H21NO2S/c1-3-17-16(15-8-4-5-9-18(15)22-17)13-20(2)19(21)11-10-14-7-6-12-23-14/h4-9,12H,3,10-11,13H2,1-2H3. The van der Waals surface area contributed by atoms with E-state index in [1.54, 1.807) is 11.3 Å². The van der Waals surface area contributed by atoms with Gasteiger partial charge in [-0.3, -0.25) is 4.79 Å². The van der Waals surface area contributed by atoms with Gasteiger partial charge in [0.1, 0.15) is 11.3 Å². The predicted molar refractivity (Wildman–Crippen MR) is 94.7 cm³/mol. The van der Waals surface area contributed by atoms with Crippen molar-refractivity contribution in [3.05, 3.63) is 58.0 Å². The van der Waals surface area contributed by atoms with Gasteiger partial charge in [-0.25, -0.2) is 0 Å². The first-order valence-electron chi connectivity index (χ1n) is 7.94. The quantitative estimate of drug-likeness (QED) is 0.660. The molecule has 0 atom stereocenters. The summed E-state index contributed by atoms with van der Waals surface area (Å²) in [4.78, 5) is 15.5. The van der Waals surface area contributed by atoms with E-state index in [0.29, 0.717) is 13.0 Å². The zero-order valence-corrected chi connectivity index (χ0v) is 14.4. The number of rotatable bonds is 6. The molecule has 0 radical (unpaired) electrons. The lowest BCUT2D eigenvalue weighted by molar-refractivity contribution is -0.130. The average molecular weight is 327 g/mol. The Morgan fingerprint density at radius 1 is 1.22 bits per heavy atom. The molecule has 0 fully saturated rings. The number of carbonyl (C=O) groups is 1. The molecule has 1 amide bonds. The number of hydrogen-bond donors (Lipinski definition) is 0. The summed E-state index contributed by atoms with van der Waals surface area (Å²) in [5.74, 6) is 1.15. The van der Waals surface area contributed by atoms with Gasteiger partial charge in [0, 0.05) is 42.3 Å². The summed E-state index contributed by atoms with van der Waals surface area (Å²) in [7, 11) is 1.87. The fourth-order valence-corrected chi connectivity index (χ4v) is 3.52. The first kappa shape index (κ1) is 15.8. The Balaban J connectivity index is 1.71. The molecule has 0 aliphatic carbocycles. The molecule has 2 heterocycles. The van der Waals surface area contributed by atoms with E-state index in [-0.39, 0.29) is 5.91 Å². The van der Waals surface area contributed by atoms with Crippen LogP contribution in [0.1, 0.15) is 29.5 Å². The summed E-state index contributed by atoms with van der Waals surface area (Å²) in [5, 5.41) is 3.16. The van der Waals surface area contributed by atoms with Gasteiger partial charge in [-0.1, -0.05) is 31.2 Å². The monoisotopic (exact) mass is 327 g/mol. The van der Waals surface area contributed by atoms with E-state index in [0.717, 1.165) is 35.1 Å². The highest BCUT2D eigenvalue weighted by molar-refractivity contribution is 7.09. The molecule has 3 rings (SSSR count). The van der Waals surface area contributed by atoms with Crippen molar-refractivity contribution in [2.24, 2.45) is 0 Å². The van der Waals surface area contributed by atoms with Crippen LogP contribution in [0.4, 0.5) is 0 Å². The lowest BCUT2D eigenvalue weighted by atomic mass is 10.1. The van der Waals surface area contributed by atoms with E-state index in [1.807, 2.05) is 36.2 Å². The summed E-state index contributed by atoms with van der Waals surface area (Å²) in [6.45, 7) is 2.68. The molecular formula is C19H21NO2S. The molecule has 0 aliphatic heterocycles. The van der Waals surface area contributed by atoms with Crippen molar-refractivity contribution in [2.75, 3.05) is 7.05 Å². The molecule has 4 heteroatoms. The number of nitrogens with zero attached hydrogens (tertiary/aromatic N) is 1. The molecular weight excluding hydrogens is 306 g/mol. The van der Waals surface area contributed by atoms with Gasteiger partial charge in [0.15, 0.2) is 0 Å². The van der Waals surface area contributed by atoms with Crippen LogP contribution < -0.4 is 0 Å². The molecule has 0 aliphatic rings. The van der Waals surface area contributed by atoms with E-state index in [4.69, 9.17) is 4.42 Å². The average Bonchev–Trinajstić information content (AvgIpc) is 3.20. The SMILES string of the molecule is CCc1oc2ccccc2c1CN(C)C(=O)CCc1cccs1. The van der Waals surface area contributed by atoms with Crippen molar-refractivity contribution in [2.45, 2.75) is 32.7 Å². The van der Waals surface area contributed by atoms with E-state index >= 15 is 0 Å². The van der Waals surface area contributed by atoms with Crippen molar-refractivity contribution >= 4 is 28.2 Å². The highest BCUT2D eigenvalue weighted by Crippen LogP contribution is 2.27. The Bertz CT molecular complexity index is 789. The van der Waals surface area contributed by atoms with E-state index < -0.39 is 0 Å². The number of thiophene rings is 1. The van der Waals surface area contributed by atoms with Crippen molar-refractivity contribution in [3.8, 4) is 0 Å². The largest absolute Gasteiger partial charge is 0.461 e. The van der Waals surface area contributed by atoms with E-state index in [9.17, 15) is 4.79 Å². The second-order valence-electron chi connectivity index (χ2n) is 5.68. The Hall–Kier alpha value is -2.07. The second-order valence-corrected chi connectivity index (χ2v) is 6.71. The van der Waals surface area contributed by atoms with Gasteiger partial charge >= 0.3 is 0 Å². The number of benzene rings is 1. The Labute approximate surface area is 140 Å². The molecule has 0 unspecified atom stereocenters. The molecule has 0 saturated carbocycles. The summed E-state index contributed by atoms with van der Waals surface area (Å²) in [5.41, 5.74) is 2.04. The molecule has 2 aromatic heterocycles. The topological polar surface area (TPSA) is 33.5 Å². The highest BCUT2D eigenvalue weighted by Gasteiger charge is 2.17. The Kier molecular flexibility index (Phi) is 4.82. The van der Waals surface area contributed by atoms with Crippen LogP contribution in [0.2, 0.25) is 0 Å². The molecule has 23 heavy (non-hydrogen) atoms. The van der Waals surface area contributed by atoms with Gasteiger partial charge in [-0.15, -0.1) is 11.3 Å². The molecule has 3 aromatic rings. The normalized spacial score (nSPS) is 11.0. The third-order valence-electron chi connectivity index (χ3n) is 4.09. The lowest BCUT2D eigenvalue weighted by Gasteiger charge is -2.17. The van der Waals surface area contributed by atoms with Crippen LogP contribution in [0.3, 0.4) is 0 Å². The smallest absolute Gasteiger partial charge is 0.222 e. The number of fused-ring (bicyclic) bond motifs is 1. The number of carbonyl (C=O) groups excluding carboxylic acids is 1.